The molecule has 8 atom stereocenters. The Kier molecular flexibility index (Phi) is 9.14. The van der Waals surface area contributed by atoms with Gasteiger partial charge in [0.25, 0.3) is 0 Å². The molecule has 8 heteroatoms. The lowest BCUT2D eigenvalue weighted by atomic mass is 9.62. The third kappa shape index (κ3) is 5.03. The fourth-order valence-corrected chi connectivity index (χ4v) is 7.64. The molecular weight excluding hydrogens is 518 g/mol. The second kappa shape index (κ2) is 12.1. The molecule has 3 aliphatic rings. The molecule has 3 fully saturated rings. The molecule has 0 aliphatic carbocycles. The van der Waals surface area contributed by atoms with Crippen molar-refractivity contribution in [2.75, 3.05) is 19.7 Å². The van der Waals surface area contributed by atoms with Crippen molar-refractivity contribution in [2.45, 2.75) is 89.8 Å². The average molecular weight is 566 g/mol. The van der Waals surface area contributed by atoms with Crippen LogP contribution in [0.15, 0.2) is 55.6 Å². The molecule has 8 nitrogen and oxygen atoms in total. The van der Waals surface area contributed by atoms with Gasteiger partial charge in [0.05, 0.1) is 30.1 Å². The average Bonchev–Trinajstić information content (AvgIpc) is 3.47. The van der Waals surface area contributed by atoms with Crippen LogP contribution >= 0.6 is 0 Å². The van der Waals surface area contributed by atoms with Crippen molar-refractivity contribution in [1.82, 2.24) is 14.7 Å². The largest absolute Gasteiger partial charge is 0.394 e. The summed E-state index contributed by atoms with van der Waals surface area (Å²) in [7, 11) is 0. The highest BCUT2D eigenvalue weighted by Gasteiger charge is 2.80. The van der Waals surface area contributed by atoms with E-state index >= 15 is 0 Å². The van der Waals surface area contributed by atoms with Crippen LogP contribution in [0.1, 0.15) is 59.4 Å². The van der Waals surface area contributed by atoms with Gasteiger partial charge in [-0.2, -0.15) is 0 Å². The van der Waals surface area contributed by atoms with Crippen LogP contribution in [-0.4, -0.2) is 86.6 Å². The number of benzene rings is 1. The summed E-state index contributed by atoms with van der Waals surface area (Å²) in [6.07, 6.45) is 5.59. The molecule has 3 amide bonds. The summed E-state index contributed by atoms with van der Waals surface area (Å²) in [6, 6.07) is 8.12. The normalized spacial score (nSPS) is 31.5. The number of hydrogen-bond donors (Lipinski definition) is 1. The molecule has 2 bridgehead atoms. The minimum absolute atomic E-state index is 0.0663. The van der Waals surface area contributed by atoms with Gasteiger partial charge in [-0.05, 0) is 45.1 Å². The molecule has 1 spiro atoms. The number of likely N-dealkylation sites (tertiary alicyclic amines) is 1. The van der Waals surface area contributed by atoms with E-state index in [9.17, 15) is 19.5 Å². The fraction of sp³-hybridized carbons (Fsp3) is 0.606. The first kappa shape index (κ1) is 31.0. The summed E-state index contributed by atoms with van der Waals surface area (Å²) in [5, 5.41) is 10.2. The van der Waals surface area contributed by atoms with E-state index in [1.165, 1.54) is 4.90 Å². The van der Waals surface area contributed by atoms with Crippen molar-refractivity contribution < 1.29 is 24.2 Å². The molecule has 1 aromatic rings. The molecule has 3 heterocycles. The van der Waals surface area contributed by atoms with Gasteiger partial charge in [0.15, 0.2) is 0 Å². The minimum Gasteiger partial charge on any atom is -0.394 e. The van der Waals surface area contributed by atoms with E-state index in [1.807, 2.05) is 51.1 Å². The molecule has 0 saturated carbocycles. The van der Waals surface area contributed by atoms with Crippen molar-refractivity contribution in [1.29, 1.82) is 0 Å². The Morgan fingerprint density at radius 1 is 1.17 bits per heavy atom. The quantitative estimate of drug-likeness (QED) is 0.368. The highest BCUT2D eigenvalue weighted by atomic mass is 16.5. The number of hydrogen-bond acceptors (Lipinski definition) is 5. The molecule has 0 aromatic heterocycles. The van der Waals surface area contributed by atoms with Gasteiger partial charge in [-0.15, -0.1) is 13.2 Å². The second-order valence-electron chi connectivity index (χ2n) is 12.4. The SMILES string of the molecule is C=CCN(Cc1ccccc1)C(=O)[C@@H]1[C@H]2C(=O)N([C@H](C)CO)C(C(=O)N(CC=C)C(C)CCC)C23CC(C)[C@@]1(C)O3. The van der Waals surface area contributed by atoms with E-state index in [2.05, 4.69) is 20.1 Å². The number of fused-ring (bicyclic) bond motifs is 1. The van der Waals surface area contributed by atoms with Crippen LogP contribution in [0.25, 0.3) is 0 Å². The second-order valence-corrected chi connectivity index (χ2v) is 12.4. The molecule has 1 aromatic carbocycles. The fourth-order valence-electron chi connectivity index (χ4n) is 7.64. The third-order valence-corrected chi connectivity index (χ3v) is 9.72. The van der Waals surface area contributed by atoms with Crippen molar-refractivity contribution >= 4 is 17.7 Å². The molecule has 3 saturated heterocycles. The van der Waals surface area contributed by atoms with Crippen LogP contribution in [0.4, 0.5) is 0 Å². The zero-order valence-electron chi connectivity index (χ0n) is 25.3. The van der Waals surface area contributed by atoms with E-state index in [-0.39, 0.29) is 36.3 Å². The first-order valence-electron chi connectivity index (χ1n) is 15.0. The first-order valence-corrected chi connectivity index (χ1v) is 15.0. The summed E-state index contributed by atoms with van der Waals surface area (Å²) in [5.74, 6) is -2.33. The highest BCUT2D eigenvalue weighted by molar-refractivity contribution is 5.99. The maximum atomic E-state index is 14.5. The van der Waals surface area contributed by atoms with Gasteiger partial charge < -0.3 is 24.5 Å². The summed E-state index contributed by atoms with van der Waals surface area (Å²) >= 11 is 0. The van der Waals surface area contributed by atoms with Gasteiger partial charge in [-0.1, -0.05) is 62.8 Å². The van der Waals surface area contributed by atoms with Gasteiger partial charge >= 0.3 is 0 Å². The van der Waals surface area contributed by atoms with Gasteiger partial charge in [0.1, 0.15) is 11.6 Å². The maximum absolute atomic E-state index is 14.5. The van der Waals surface area contributed by atoms with Crippen LogP contribution in [0.3, 0.4) is 0 Å². The molecule has 0 radical (unpaired) electrons. The number of amides is 3. The molecule has 1 N–H and O–H groups in total. The Labute approximate surface area is 245 Å². The Morgan fingerprint density at radius 3 is 2.41 bits per heavy atom. The topological polar surface area (TPSA) is 90.4 Å². The van der Waals surface area contributed by atoms with Crippen molar-refractivity contribution in [3.63, 3.8) is 0 Å². The predicted octanol–water partition coefficient (Wildman–Crippen LogP) is 3.80. The van der Waals surface area contributed by atoms with Crippen LogP contribution < -0.4 is 0 Å². The zero-order valence-corrected chi connectivity index (χ0v) is 25.3. The van der Waals surface area contributed by atoms with Crippen molar-refractivity contribution in [2.24, 2.45) is 17.8 Å². The number of rotatable bonds is 13. The Bertz CT molecular complexity index is 1160. The molecule has 224 valence electrons. The van der Waals surface area contributed by atoms with E-state index in [1.54, 1.807) is 28.9 Å². The molecular formula is C33H47N3O5. The van der Waals surface area contributed by atoms with E-state index in [4.69, 9.17) is 4.74 Å². The van der Waals surface area contributed by atoms with Crippen LogP contribution in [-0.2, 0) is 25.7 Å². The summed E-state index contributed by atoms with van der Waals surface area (Å²) < 4.78 is 6.90. The van der Waals surface area contributed by atoms with Crippen molar-refractivity contribution in [3.05, 3.63) is 61.2 Å². The summed E-state index contributed by atoms with van der Waals surface area (Å²) in [4.78, 5) is 48.5. The Hall–Kier alpha value is -2.97. The van der Waals surface area contributed by atoms with E-state index in [0.717, 1.165) is 18.4 Å². The lowest BCUT2D eigenvalue weighted by Gasteiger charge is -2.40. The van der Waals surface area contributed by atoms with Crippen LogP contribution in [0, 0.1) is 17.8 Å². The zero-order chi connectivity index (χ0) is 30.1. The first-order chi connectivity index (χ1) is 19.5. The van der Waals surface area contributed by atoms with Crippen molar-refractivity contribution in [3.8, 4) is 0 Å². The number of aliphatic hydroxyl groups is 1. The smallest absolute Gasteiger partial charge is 0.248 e. The molecule has 41 heavy (non-hydrogen) atoms. The number of aliphatic hydroxyl groups excluding tert-OH is 1. The number of nitrogens with zero attached hydrogens (tertiary/aromatic N) is 3. The monoisotopic (exact) mass is 565 g/mol. The highest BCUT2D eigenvalue weighted by Crippen LogP contribution is 2.65. The lowest BCUT2D eigenvalue weighted by molar-refractivity contribution is -0.158. The molecule has 4 rings (SSSR count). The Morgan fingerprint density at radius 2 is 1.83 bits per heavy atom. The number of carbonyl (C=O) groups excluding carboxylic acids is 3. The maximum Gasteiger partial charge on any atom is 0.248 e. The van der Waals surface area contributed by atoms with Crippen LogP contribution in [0.5, 0.6) is 0 Å². The van der Waals surface area contributed by atoms with E-state index in [0.29, 0.717) is 26.1 Å². The van der Waals surface area contributed by atoms with Gasteiger partial charge in [0, 0.05) is 25.7 Å². The van der Waals surface area contributed by atoms with Gasteiger partial charge in [-0.3, -0.25) is 14.4 Å². The standard InChI is InChI=1S/C33H47N3O5/c1-8-14-23(5)35(18-10-3)31(40)28-33-19-22(4)32(7,41-33)26(27(33)30(39)36(28)24(6)21-37)29(38)34(17-9-2)20-25-15-12-11-13-16-25/h9-13,15-16,22-24,26-28,37H,2-3,8,14,17-21H2,1,4-7H3/t22?,23?,24-,26+,27+,28?,32-,33?/m1/s1. The molecule has 4 unspecified atom stereocenters. The van der Waals surface area contributed by atoms with Gasteiger partial charge in [0.2, 0.25) is 17.7 Å². The predicted molar refractivity (Wildman–Crippen MR) is 158 cm³/mol. The third-order valence-electron chi connectivity index (χ3n) is 9.72. The molecule has 3 aliphatic heterocycles. The van der Waals surface area contributed by atoms with E-state index < -0.39 is 35.1 Å². The van der Waals surface area contributed by atoms with Gasteiger partial charge in [-0.25, -0.2) is 0 Å². The van der Waals surface area contributed by atoms with Crippen LogP contribution in [0.2, 0.25) is 0 Å². The Balaban J connectivity index is 1.80. The summed E-state index contributed by atoms with van der Waals surface area (Å²) in [6.45, 7) is 18.3. The number of ether oxygens (including phenoxy) is 1. The lowest BCUT2D eigenvalue weighted by Crippen LogP contribution is -2.59. The number of carbonyl (C=O) groups is 3. The minimum atomic E-state index is -1.16. The summed E-state index contributed by atoms with van der Waals surface area (Å²) in [5.41, 5.74) is -1.10.